The zero-order valence-electron chi connectivity index (χ0n) is 17.6. The van der Waals surface area contributed by atoms with E-state index in [0.717, 1.165) is 77.6 Å². The Labute approximate surface area is 192 Å². The van der Waals surface area contributed by atoms with Gasteiger partial charge in [-0.05, 0) is 83.9 Å². The minimum atomic E-state index is 0.160. The third-order valence-electron chi connectivity index (χ3n) is 6.42. The Hall–Kier alpha value is -1.56. The predicted molar refractivity (Wildman–Crippen MR) is 127 cm³/mol. The van der Waals surface area contributed by atoms with Gasteiger partial charge in [-0.3, -0.25) is 4.79 Å². The quantitative estimate of drug-likeness (QED) is 0.564. The van der Waals surface area contributed by atoms with Gasteiger partial charge < -0.3 is 15.1 Å². The van der Waals surface area contributed by atoms with Crippen LogP contribution in [0.2, 0.25) is 5.02 Å². The Morgan fingerprint density at radius 1 is 1.10 bits per heavy atom. The van der Waals surface area contributed by atoms with E-state index < -0.39 is 0 Å². The Balaban J connectivity index is 1.22. The van der Waals surface area contributed by atoms with Crippen molar-refractivity contribution in [3.8, 4) is 0 Å². The van der Waals surface area contributed by atoms with Crippen LogP contribution < -0.4 is 5.32 Å². The molecule has 4 nitrogen and oxygen atoms in total. The monoisotopic (exact) mass is 489 g/mol. The molecular formula is C24H29BrClN3O. The molecule has 0 aromatic heterocycles. The molecule has 2 fully saturated rings. The summed E-state index contributed by atoms with van der Waals surface area (Å²) in [5.41, 5.74) is 4.08. The number of hydrogen-bond acceptors (Lipinski definition) is 3. The zero-order valence-corrected chi connectivity index (χ0v) is 20.0. The second-order valence-corrected chi connectivity index (χ2v) is 9.87. The van der Waals surface area contributed by atoms with Crippen LogP contribution in [0.4, 0.5) is 5.69 Å². The molecule has 0 bridgehead atoms. The van der Waals surface area contributed by atoms with Gasteiger partial charge in [-0.25, -0.2) is 0 Å². The number of carbonyl (C=O) groups is 1. The van der Waals surface area contributed by atoms with Gasteiger partial charge in [-0.15, -0.1) is 0 Å². The van der Waals surface area contributed by atoms with E-state index in [2.05, 4.69) is 43.2 Å². The lowest BCUT2D eigenvalue weighted by molar-refractivity contribution is 0.0773. The van der Waals surface area contributed by atoms with Crippen molar-refractivity contribution in [3.05, 3.63) is 62.6 Å². The molecule has 2 aromatic rings. The molecule has 2 atom stereocenters. The Kier molecular flexibility index (Phi) is 6.71. The normalized spacial score (nSPS) is 21.1. The average Bonchev–Trinajstić information content (AvgIpc) is 3.28. The van der Waals surface area contributed by atoms with Crippen molar-refractivity contribution in [2.75, 3.05) is 44.6 Å². The molecule has 2 unspecified atom stereocenters. The zero-order chi connectivity index (χ0) is 21.3. The summed E-state index contributed by atoms with van der Waals surface area (Å²) in [5, 5.41) is 4.28. The van der Waals surface area contributed by atoms with Crippen molar-refractivity contribution in [2.45, 2.75) is 20.3 Å². The minimum absolute atomic E-state index is 0.160. The fourth-order valence-corrected chi connectivity index (χ4v) is 5.27. The molecule has 2 aliphatic rings. The van der Waals surface area contributed by atoms with Gasteiger partial charge >= 0.3 is 0 Å². The van der Waals surface area contributed by atoms with Crippen LogP contribution in [0.25, 0.3) is 0 Å². The average molecular weight is 491 g/mol. The number of likely N-dealkylation sites (tertiary alicyclic amines) is 2. The summed E-state index contributed by atoms with van der Waals surface area (Å²) < 4.78 is 0.927. The van der Waals surface area contributed by atoms with Crippen molar-refractivity contribution >= 4 is 39.1 Å². The Morgan fingerprint density at radius 3 is 2.53 bits per heavy atom. The summed E-state index contributed by atoms with van der Waals surface area (Å²) >= 11 is 9.78. The molecule has 2 aromatic carbocycles. The number of carbonyl (C=O) groups excluding carboxylic acids is 1. The van der Waals surface area contributed by atoms with Gasteiger partial charge in [-0.2, -0.15) is 0 Å². The van der Waals surface area contributed by atoms with Crippen molar-refractivity contribution in [1.29, 1.82) is 0 Å². The Morgan fingerprint density at radius 2 is 1.83 bits per heavy atom. The molecular weight excluding hydrogens is 462 g/mol. The number of halogens is 2. The molecule has 0 radical (unpaired) electrons. The van der Waals surface area contributed by atoms with Gasteiger partial charge in [0.1, 0.15) is 0 Å². The van der Waals surface area contributed by atoms with Gasteiger partial charge in [0.25, 0.3) is 5.91 Å². The van der Waals surface area contributed by atoms with E-state index in [9.17, 15) is 4.79 Å². The molecule has 1 amide bonds. The fourth-order valence-electron chi connectivity index (χ4n) is 4.66. The Bertz CT molecular complexity index is 921. The van der Waals surface area contributed by atoms with Crippen LogP contribution in [0.1, 0.15) is 27.9 Å². The van der Waals surface area contributed by atoms with Crippen molar-refractivity contribution in [2.24, 2.45) is 11.8 Å². The highest BCUT2D eigenvalue weighted by Gasteiger charge is 2.41. The van der Waals surface area contributed by atoms with Gasteiger partial charge in [0.2, 0.25) is 0 Å². The topological polar surface area (TPSA) is 35.6 Å². The maximum Gasteiger partial charge on any atom is 0.255 e. The molecule has 0 aliphatic carbocycles. The smallest absolute Gasteiger partial charge is 0.255 e. The van der Waals surface area contributed by atoms with Crippen LogP contribution in [0.3, 0.4) is 0 Å². The van der Waals surface area contributed by atoms with Gasteiger partial charge in [0, 0.05) is 47.9 Å². The molecule has 2 heterocycles. The van der Waals surface area contributed by atoms with E-state index in [1.807, 2.05) is 38.1 Å². The number of nitrogens with one attached hydrogen (secondary N) is 1. The number of hydrogen-bond donors (Lipinski definition) is 1. The molecule has 2 saturated heterocycles. The van der Waals surface area contributed by atoms with Crippen LogP contribution >= 0.6 is 27.5 Å². The van der Waals surface area contributed by atoms with Crippen LogP contribution in [0, 0.1) is 25.7 Å². The second kappa shape index (κ2) is 9.29. The van der Waals surface area contributed by atoms with Gasteiger partial charge in [-0.1, -0.05) is 29.8 Å². The van der Waals surface area contributed by atoms with Crippen LogP contribution in [0.5, 0.6) is 0 Å². The molecule has 0 saturated carbocycles. The number of anilines is 1. The number of amides is 1. The largest absolute Gasteiger partial charge is 0.385 e. The molecule has 4 rings (SSSR count). The van der Waals surface area contributed by atoms with Gasteiger partial charge in [0.15, 0.2) is 0 Å². The SMILES string of the molecule is Cc1ccc(NCCCN2CC3CN(C(=O)c4cccc(C)c4Br)CC3C2)cc1Cl. The third kappa shape index (κ3) is 4.68. The standard InChI is InChI=1S/C24H29BrClN3O/c1-16-7-8-20(11-22(16)26)27-9-4-10-28-12-18-14-29(15-19(18)13-28)24(30)21-6-3-5-17(2)23(21)25/h3,5-8,11,18-19,27H,4,9-10,12-15H2,1-2H3. The molecule has 160 valence electrons. The van der Waals surface area contributed by atoms with E-state index in [0.29, 0.717) is 11.8 Å². The lowest BCUT2D eigenvalue weighted by Crippen LogP contribution is -2.34. The highest BCUT2D eigenvalue weighted by molar-refractivity contribution is 9.10. The molecule has 30 heavy (non-hydrogen) atoms. The summed E-state index contributed by atoms with van der Waals surface area (Å²) in [5.74, 6) is 1.36. The maximum absolute atomic E-state index is 13.0. The van der Waals surface area contributed by atoms with E-state index in [4.69, 9.17) is 11.6 Å². The van der Waals surface area contributed by atoms with Crippen LogP contribution in [0.15, 0.2) is 40.9 Å². The number of aryl methyl sites for hydroxylation is 2. The first-order chi connectivity index (χ1) is 14.4. The predicted octanol–water partition coefficient (Wildman–Crippen LogP) is 5.23. The molecule has 0 spiro atoms. The molecule has 6 heteroatoms. The number of nitrogens with zero attached hydrogens (tertiary/aromatic N) is 2. The van der Waals surface area contributed by atoms with Crippen molar-refractivity contribution in [1.82, 2.24) is 9.80 Å². The summed E-state index contributed by atoms with van der Waals surface area (Å²) in [6, 6.07) is 12.0. The third-order valence-corrected chi connectivity index (χ3v) is 7.88. The van der Waals surface area contributed by atoms with Gasteiger partial charge in [0.05, 0.1) is 5.56 Å². The van der Waals surface area contributed by atoms with Crippen molar-refractivity contribution < 1.29 is 4.79 Å². The summed E-state index contributed by atoms with van der Waals surface area (Å²) in [6.45, 7) is 10.0. The van der Waals surface area contributed by atoms with Crippen LogP contribution in [-0.2, 0) is 0 Å². The number of benzene rings is 2. The summed E-state index contributed by atoms with van der Waals surface area (Å²) in [7, 11) is 0. The number of fused-ring (bicyclic) bond motifs is 1. The minimum Gasteiger partial charge on any atom is -0.385 e. The van der Waals surface area contributed by atoms with Crippen LogP contribution in [-0.4, -0.2) is 55.0 Å². The first-order valence-electron chi connectivity index (χ1n) is 10.7. The highest BCUT2D eigenvalue weighted by Crippen LogP contribution is 2.33. The summed E-state index contributed by atoms with van der Waals surface area (Å²) in [4.78, 5) is 17.6. The number of rotatable bonds is 6. The summed E-state index contributed by atoms with van der Waals surface area (Å²) in [6.07, 6.45) is 1.10. The highest BCUT2D eigenvalue weighted by atomic mass is 79.9. The fraction of sp³-hybridized carbons (Fsp3) is 0.458. The van der Waals surface area contributed by atoms with E-state index in [1.165, 1.54) is 0 Å². The van der Waals surface area contributed by atoms with Crippen molar-refractivity contribution in [3.63, 3.8) is 0 Å². The van der Waals surface area contributed by atoms with E-state index in [-0.39, 0.29) is 5.91 Å². The first kappa shape index (κ1) is 21.7. The molecule has 1 N–H and O–H groups in total. The van der Waals surface area contributed by atoms with E-state index >= 15 is 0 Å². The first-order valence-corrected chi connectivity index (χ1v) is 11.9. The lowest BCUT2D eigenvalue weighted by Gasteiger charge is -2.22. The molecule has 2 aliphatic heterocycles. The second-order valence-electron chi connectivity index (χ2n) is 8.67. The van der Waals surface area contributed by atoms with E-state index in [1.54, 1.807) is 0 Å². The maximum atomic E-state index is 13.0. The lowest BCUT2D eigenvalue weighted by atomic mass is 10.0.